The van der Waals surface area contributed by atoms with Gasteiger partial charge in [0.2, 0.25) is 0 Å². The maximum absolute atomic E-state index is 12.2. The number of carbonyl (C=O) groups excluding carboxylic acids is 1. The highest BCUT2D eigenvalue weighted by Crippen LogP contribution is 2.32. The summed E-state index contributed by atoms with van der Waals surface area (Å²) in [6.45, 7) is 7.47. The summed E-state index contributed by atoms with van der Waals surface area (Å²) in [6, 6.07) is -0.239. The Hall–Kier alpha value is -1.26. The van der Waals surface area contributed by atoms with Gasteiger partial charge >= 0.3 is 12.0 Å². The van der Waals surface area contributed by atoms with Gasteiger partial charge in [-0.3, -0.25) is 0 Å². The molecule has 2 amide bonds. The number of nitrogens with zero attached hydrogens (tertiary/aromatic N) is 1. The average molecular weight is 270 g/mol. The van der Waals surface area contributed by atoms with E-state index in [9.17, 15) is 14.7 Å². The van der Waals surface area contributed by atoms with Gasteiger partial charge in [-0.05, 0) is 32.1 Å². The second-order valence-corrected chi connectivity index (χ2v) is 5.39. The van der Waals surface area contributed by atoms with Crippen molar-refractivity contribution < 1.29 is 14.7 Å². The maximum atomic E-state index is 12.2. The number of rotatable bonds is 7. The van der Waals surface area contributed by atoms with E-state index in [4.69, 9.17) is 0 Å². The van der Waals surface area contributed by atoms with Gasteiger partial charge in [0.25, 0.3) is 0 Å². The summed E-state index contributed by atoms with van der Waals surface area (Å²) in [5.74, 6) is -0.432. The molecule has 5 heteroatoms. The van der Waals surface area contributed by atoms with E-state index < -0.39 is 11.5 Å². The van der Waals surface area contributed by atoms with Crippen LogP contribution in [-0.4, -0.2) is 40.6 Å². The topological polar surface area (TPSA) is 69.6 Å². The minimum absolute atomic E-state index is 0.239. The van der Waals surface area contributed by atoms with E-state index in [1.54, 1.807) is 4.90 Å². The van der Waals surface area contributed by atoms with Crippen molar-refractivity contribution in [2.45, 2.75) is 58.4 Å². The Morgan fingerprint density at radius 3 is 2.16 bits per heavy atom. The molecule has 0 heterocycles. The van der Waals surface area contributed by atoms with Crippen LogP contribution in [0.4, 0.5) is 4.79 Å². The number of carbonyl (C=O) groups is 2. The third kappa shape index (κ3) is 3.61. The average Bonchev–Trinajstić information content (AvgIpc) is 2.34. The Labute approximate surface area is 115 Å². The van der Waals surface area contributed by atoms with Crippen LogP contribution in [0.1, 0.15) is 52.9 Å². The van der Waals surface area contributed by atoms with Gasteiger partial charge in [-0.25, -0.2) is 9.59 Å². The van der Waals surface area contributed by atoms with Crippen LogP contribution in [0, 0.1) is 5.92 Å². The molecule has 0 saturated heterocycles. The molecule has 1 rings (SSSR count). The first-order chi connectivity index (χ1) is 8.99. The normalized spacial score (nSPS) is 16.8. The molecule has 1 fully saturated rings. The quantitative estimate of drug-likeness (QED) is 0.746. The van der Waals surface area contributed by atoms with Crippen LogP contribution in [0.5, 0.6) is 0 Å². The third-order valence-corrected chi connectivity index (χ3v) is 4.26. The van der Waals surface area contributed by atoms with Gasteiger partial charge in [0.15, 0.2) is 0 Å². The predicted molar refractivity (Wildman–Crippen MR) is 74.1 cm³/mol. The molecule has 19 heavy (non-hydrogen) atoms. The fourth-order valence-corrected chi connectivity index (χ4v) is 2.42. The van der Waals surface area contributed by atoms with Crippen LogP contribution in [0.3, 0.4) is 0 Å². The minimum Gasteiger partial charge on any atom is -0.480 e. The molecule has 0 atom stereocenters. The number of carboxylic acid groups (broad SMARTS) is 1. The van der Waals surface area contributed by atoms with E-state index >= 15 is 0 Å². The number of amides is 2. The highest BCUT2D eigenvalue weighted by atomic mass is 16.4. The van der Waals surface area contributed by atoms with Crippen molar-refractivity contribution in [2.75, 3.05) is 13.1 Å². The molecule has 1 aliphatic rings. The van der Waals surface area contributed by atoms with Crippen LogP contribution in [0.15, 0.2) is 0 Å². The lowest BCUT2D eigenvalue weighted by Gasteiger charge is -2.40. The van der Waals surface area contributed by atoms with Crippen LogP contribution in [0.25, 0.3) is 0 Å². The standard InChI is InChI=1S/C14H26N2O3/c1-4-11(5-2)10-16(6-3)13(19)15-14(12(17)18)8-7-9-14/h11H,4-10H2,1-3H3,(H,15,19)(H,17,18). The van der Waals surface area contributed by atoms with E-state index in [0.29, 0.717) is 31.8 Å². The molecule has 1 aliphatic carbocycles. The van der Waals surface area contributed by atoms with Crippen molar-refractivity contribution in [3.63, 3.8) is 0 Å². The van der Waals surface area contributed by atoms with Crippen LogP contribution in [0.2, 0.25) is 0 Å². The summed E-state index contributed by atoms with van der Waals surface area (Å²) in [6.07, 6.45) is 4.01. The first kappa shape index (κ1) is 15.8. The molecule has 5 nitrogen and oxygen atoms in total. The Morgan fingerprint density at radius 1 is 1.26 bits per heavy atom. The summed E-state index contributed by atoms with van der Waals surface area (Å²) in [5, 5.41) is 11.9. The van der Waals surface area contributed by atoms with Gasteiger partial charge in [0, 0.05) is 13.1 Å². The van der Waals surface area contributed by atoms with Crippen LogP contribution >= 0.6 is 0 Å². The summed E-state index contributed by atoms with van der Waals surface area (Å²) in [5.41, 5.74) is -1.02. The number of hydrogen-bond donors (Lipinski definition) is 2. The summed E-state index contributed by atoms with van der Waals surface area (Å²) in [7, 11) is 0. The Morgan fingerprint density at radius 2 is 1.84 bits per heavy atom. The molecular weight excluding hydrogens is 244 g/mol. The largest absolute Gasteiger partial charge is 0.480 e. The molecule has 0 radical (unpaired) electrons. The van der Waals surface area contributed by atoms with Crippen LogP contribution in [-0.2, 0) is 4.79 Å². The van der Waals surface area contributed by atoms with E-state index in [-0.39, 0.29) is 6.03 Å². The molecule has 0 bridgehead atoms. The predicted octanol–water partition coefficient (Wildman–Crippen LogP) is 2.46. The van der Waals surface area contributed by atoms with Crippen molar-refractivity contribution in [3.8, 4) is 0 Å². The first-order valence-corrected chi connectivity index (χ1v) is 7.29. The number of nitrogens with one attached hydrogen (secondary N) is 1. The zero-order valence-corrected chi connectivity index (χ0v) is 12.2. The summed E-state index contributed by atoms with van der Waals surface area (Å²) < 4.78 is 0. The van der Waals surface area contributed by atoms with Crippen molar-refractivity contribution in [3.05, 3.63) is 0 Å². The lowest BCUT2D eigenvalue weighted by atomic mass is 9.77. The van der Waals surface area contributed by atoms with Gasteiger partial charge in [-0.2, -0.15) is 0 Å². The van der Waals surface area contributed by atoms with E-state index in [0.717, 1.165) is 19.3 Å². The molecule has 0 unspecified atom stereocenters. The van der Waals surface area contributed by atoms with E-state index in [2.05, 4.69) is 19.2 Å². The molecule has 0 aromatic rings. The highest BCUT2D eigenvalue weighted by Gasteiger charge is 2.46. The molecule has 110 valence electrons. The molecule has 0 aromatic heterocycles. The zero-order valence-electron chi connectivity index (χ0n) is 12.2. The van der Waals surface area contributed by atoms with Crippen molar-refractivity contribution in [1.82, 2.24) is 10.2 Å². The van der Waals surface area contributed by atoms with Gasteiger partial charge in [-0.1, -0.05) is 26.7 Å². The molecule has 1 saturated carbocycles. The first-order valence-electron chi connectivity index (χ1n) is 7.29. The molecule has 2 N–H and O–H groups in total. The van der Waals surface area contributed by atoms with Crippen molar-refractivity contribution in [2.24, 2.45) is 5.92 Å². The number of aliphatic carboxylic acids is 1. The Kier molecular flexibility index (Phi) is 5.63. The molecule has 0 spiro atoms. The lowest BCUT2D eigenvalue weighted by Crippen LogP contribution is -2.61. The smallest absolute Gasteiger partial charge is 0.329 e. The lowest BCUT2D eigenvalue weighted by molar-refractivity contribution is -0.148. The zero-order chi connectivity index (χ0) is 14.5. The van der Waals surface area contributed by atoms with Crippen molar-refractivity contribution >= 4 is 12.0 Å². The summed E-state index contributed by atoms with van der Waals surface area (Å²) in [4.78, 5) is 25.2. The third-order valence-electron chi connectivity index (χ3n) is 4.26. The molecule has 0 aliphatic heterocycles. The van der Waals surface area contributed by atoms with E-state index in [1.165, 1.54) is 0 Å². The maximum Gasteiger partial charge on any atom is 0.329 e. The second-order valence-electron chi connectivity index (χ2n) is 5.39. The number of hydrogen-bond acceptors (Lipinski definition) is 2. The van der Waals surface area contributed by atoms with Crippen molar-refractivity contribution in [1.29, 1.82) is 0 Å². The Balaban J connectivity index is 2.61. The minimum atomic E-state index is -1.02. The monoisotopic (exact) mass is 270 g/mol. The molecule has 0 aromatic carbocycles. The number of urea groups is 1. The number of carboxylic acids is 1. The fourth-order valence-electron chi connectivity index (χ4n) is 2.42. The van der Waals surface area contributed by atoms with Gasteiger partial charge in [0.05, 0.1) is 0 Å². The van der Waals surface area contributed by atoms with Gasteiger partial charge < -0.3 is 15.3 Å². The Bertz CT molecular complexity index is 323. The van der Waals surface area contributed by atoms with E-state index in [1.807, 2.05) is 6.92 Å². The summed E-state index contributed by atoms with van der Waals surface area (Å²) >= 11 is 0. The fraction of sp³-hybridized carbons (Fsp3) is 0.857. The van der Waals surface area contributed by atoms with Gasteiger partial charge in [0.1, 0.15) is 5.54 Å². The van der Waals surface area contributed by atoms with Crippen LogP contribution < -0.4 is 5.32 Å². The second kappa shape index (κ2) is 6.78. The SMILES string of the molecule is CCC(CC)CN(CC)C(=O)NC1(C(=O)O)CCC1. The highest BCUT2D eigenvalue weighted by molar-refractivity contribution is 5.87. The van der Waals surface area contributed by atoms with Gasteiger partial charge in [-0.15, -0.1) is 0 Å². The molecular formula is C14H26N2O3.